The molecule has 4 rings (SSSR count). The van der Waals surface area contributed by atoms with Crippen LogP contribution in [0, 0.1) is 12.7 Å². The van der Waals surface area contributed by atoms with Crippen molar-refractivity contribution < 1.29 is 18.8 Å². The Balaban J connectivity index is 0.00000306. The summed E-state index contributed by atoms with van der Waals surface area (Å²) in [5.41, 5.74) is 5.60. The van der Waals surface area contributed by atoms with E-state index in [1.807, 2.05) is 49.4 Å². The average Bonchev–Trinajstić information content (AvgIpc) is 3.27. The minimum Gasteiger partial charge on any atom is -0.481 e. The average molecular weight is 468 g/mol. The first-order valence-corrected chi connectivity index (χ1v) is 10.2. The molecule has 0 radical (unpaired) electrons. The van der Waals surface area contributed by atoms with Gasteiger partial charge in [-0.3, -0.25) is 4.79 Å². The molecule has 0 bridgehead atoms. The summed E-state index contributed by atoms with van der Waals surface area (Å²) in [7, 11) is 0. The van der Waals surface area contributed by atoms with E-state index in [1.54, 1.807) is 12.1 Å². The SMILES string of the molecule is Cc1cc(-c2ccc(F)cc2)ccc1-c1nc(-c2ccc(CNCCC(=O)O)cc2)no1.Cl. The molecule has 0 spiro atoms. The van der Waals surface area contributed by atoms with E-state index < -0.39 is 5.97 Å². The van der Waals surface area contributed by atoms with Gasteiger partial charge in [0.25, 0.3) is 5.89 Å². The molecule has 2 N–H and O–H groups in total. The van der Waals surface area contributed by atoms with Crippen LogP contribution in [0.15, 0.2) is 71.3 Å². The Kier molecular flexibility index (Phi) is 7.92. The van der Waals surface area contributed by atoms with E-state index >= 15 is 0 Å². The van der Waals surface area contributed by atoms with Crippen molar-refractivity contribution in [3.05, 3.63) is 83.7 Å². The van der Waals surface area contributed by atoms with E-state index in [1.165, 1.54) is 12.1 Å². The van der Waals surface area contributed by atoms with Crippen molar-refractivity contribution in [3.63, 3.8) is 0 Å². The van der Waals surface area contributed by atoms with Gasteiger partial charge in [-0.1, -0.05) is 53.7 Å². The Hall–Kier alpha value is -3.55. The summed E-state index contributed by atoms with van der Waals surface area (Å²) < 4.78 is 18.7. The zero-order valence-corrected chi connectivity index (χ0v) is 18.7. The Bertz CT molecular complexity index is 1220. The van der Waals surface area contributed by atoms with E-state index in [-0.39, 0.29) is 24.6 Å². The molecular formula is C25H23ClFN3O3. The van der Waals surface area contributed by atoms with Crippen molar-refractivity contribution >= 4 is 18.4 Å². The van der Waals surface area contributed by atoms with Gasteiger partial charge in [0, 0.05) is 24.2 Å². The molecule has 0 saturated heterocycles. The van der Waals surface area contributed by atoms with Crippen LogP contribution in [0.1, 0.15) is 17.5 Å². The minimum atomic E-state index is -0.818. The summed E-state index contributed by atoms with van der Waals surface area (Å²) in [6.07, 6.45) is 0.0913. The highest BCUT2D eigenvalue weighted by molar-refractivity contribution is 5.85. The summed E-state index contributed by atoms with van der Waals surface area (Å²) in [6.45, 7) is 2.98. The van der Waals surface area contributed by atoms with Crippen LogP contribution in [-0.4, -0.2) is 27.8 Å². The zero-order chi connectivity index (χ0) is 22.5. The highest BCUT2D eigenvalue weighted by Crippen LogP contribution is 2.29. The first-order valence-electron chi connectivity index (χ1n) is 10.2. The van der Waals surface area contributed by atoms with Crippen molar-refractivity contribution in [1.82, 2.24) is 15.5 Å². The highest BCUT2D eigenvalue weighted by Gasteiger charge is 2.13. The largest absolute Gasteiger partial charge is 0.481 e. The summed E-state index contributed by atoms with van der Waals surface area (Å²) >= 11 is 0. The summed E-state index contributed by atoms with van der Waals surface area (Å²) in [5.74, 6) is -0.154. The molecule has 0 amide bonds. The molecule has 0 saturated carbocycles. The third kappa shape index (κ3) is 6.03. The van der Waals surface area contributed by atoms with Gasteiger partial charge in [0.2, 0.25) is 5.82 Å². The number of carboxylic acids is 1. The Morgan fingerprint density at radius 1 is 1.00 bits per heavy atom. The molecule has 6 nitrogen and oxygen atoms in total. The molecule has 1 heterocycles. The van der Waals surface area contributed by atoms with Gasteiger partial charge >= 0.3 is 5.97 Å². The maximum Gasteiger partial charge on any atom is 0.304 e. The second-order valence-corrected chi connectivity index (χ2v) is 7.48. The number of aliphatic carboxylic acids is 1. The fourth-order valence-corrected chi connectivity index (χ4v) is 3.38. The number of rotatable bonds is 8. The van der Waals surface area contributed by atoms with Gasteiger partial charge in [0.1, 0.15) is 5.82 Å². The molecule has 8 heteroatoms. The predicted molar refractivity (Wildman–Crippen MR) is 127 cm³/mol. The van der Waals surface area contributed by atoms with Crippen LogP contribution in [0.25, 0.3) is 34.0 Å². The highest BCUT2D eigenvalue weighted by atomic mass is 35.5. The fraction of sp³-hybridized carbons (Fsp3) is 0.160. The van der Waals surface area contributed by atoms with E-state index in [0.717, 1.165) is 33.4 Å². The quantitative estimate of drug-likeness (QED) is 0.332. The van der Waals surface area contributed by atoms with Crippen molar-refractivity contribution in [2.75, 3.05) is 6.54 Å². The van der Waals surface area contributed by atoms with Crippen molar-refractivity contribution in [2.24, 2.45) is 0 Å². The number of carbonyl (C=O) groups is 1. The van der Waals surface area contributed by atoms with E-state index in [0.29, 0.717) is 24.8 Å². The fourth-order valence-electron chi connectivity index (χ4n) is 3.38. The standard InChI is InChI=1S/C25H22FN3O3.ClH/c1-16-14-20(18-6-9-21(26)10-7-18)8-11-22(16)25-28-24(29-32-25)19-4-2-17(3-5-19)15-27-13-12-23(30)31;/h2-11,14,27H,12-13,15H2,1H3,(H,30,31);1H. The van der Waals surface area contributed by atoms with Gasteiger partial charge in [-0.05, 0) is 47.4 Å². The lowest BCUT2D eigenvalue weighted by Gasteiger charge is -2.06. The Morgan fingerprint density at radius 2 is 1.67 bits per heavy atom. The molecule has 0 fully saturated rings. The summed E-state index contributed by atoms with van der Waals surface area (Å²) in [5, 5.41) is 15.9. The molecule has 0 atom stereocenters. The van der Waals surface area contributed by atoms with Crippen LogP contribution < -0.4 is 5.32 Å². The number of aromatic nitrogens is 2. The molecule has 0 aliphatic carbocycles. The van der Waals surface area contributed by atoms with E-state index in [9.17, 15) is 9.18 Å². The number of aryl methyl sites for hydroxylation is 1. The van der Waals surface area contributed by atoms with Gasteiger partial charge in [0.05, 0.1) is 6.42 Å². The van der Waals surface area contributed by atoms with Crippen molar-refractivity contribution in [1.29, 1.82) is 0 Å². The van der Waals surface area contributed by atoms with Crippen molar-refractivity contribution in [2.45, 2.75) is 19.9 Å². The molecule has 33 heavy (non-hydrogen) atoms. The predicted octanol–water partition coefficient (Wildman–Crippen LogP) is 5.50. The van der Waals surface area contributed by atoms with Crippen LogP contribution in [0.3, 0.4) is 0 Å². The van der Waals surface area contributed by atoms with Crippen molar-refractivity contribution in [3.8, 4) is 34.0 Å². The molecule has 0 aliphatic rings. The topological polar surface area (TPSA) is 88.2 Å². The van der Waals surface area contributed by atoms with Gasteiger partial charge in [-0.2, -0.15) is 4.98 Å². The van der Waals surface area contributed by atoms with Crippen LogP contribution in [0.2, 0.25) is 0 Å². The van der Waals surface area contributed by atoms with Gasteiger partial charge in [0.15, 0.2) is 0 Å². The number of hydrogen-bond acceptors (Lipinski definition) is 5. The summed E-state index contributed by atoms with van der Waals surface area (Å²) in [4.78, 5) is 15.1. The first kappa shape index (κ1) is 24.1. The summed E-state index contributed by atoms with van der Waals surface area (Å²) in [6, 6.07) is 20.0. The van der Waals surface area contributed by atoms with Crippen LogP contribution >= 0.6 is 12.4 Å². The number of nitrogens with one attached hydrogen (secondary N) is 1. The minimum absolute atomic E-state index is 0. The monoisotopic (exact) mass is 467 g/mol. The molecule has 0 unspecified atom stereocenters. The second-order valence-electron chi connectivity index (χ2n) is 7.48. The first-order chi connectivity index (χ1) is 15.5. The number of hydrogen-bond donors (Lipinski definition) is 2. The van der Waals surface area contributed by atoms with E-state index in [2.05, 4.69) is 15.5 Å². The maximum atomic E-state index is 13.2. The van der Waals surface area contributed by atoms with Gasteiger partial charge in [-0.15, -0.1) is 12.4 Å². The normalized spacial score (nSPS) is 10.6. The van der Waals surface area contributed by atoms with Crippen LogP contribution in [0.4, 0.5) is 4.39 Å². The Morgan fingerprint density at radius 3 is 2.33 bits per heavy atom. The van der Waals surface area contributed by atoms with Crippen LogP contribution in [-0.2, 0) is 11.3 Å². The molecule has 3 aromatic carbocycles. The van der Waals surface area contributed by atoms with Gasteiger partial charge < -0.3 is 14.9 Å². The lowest BCUT2D eigenvalue weighted by Crippen LogP contribution is -2.17. The lowest BCUT2D eigenvalue weighted by molar-refractivity contribution is -0.136. The lowest BCUT2D eigenvalue weighted by atomic mass is 10.00. The molecule has 0 aliphatic heterocycles. The number of carboxylic acid groups (broad SMARTS) is 1. The smallest absolute Gasteiger partial charge is 0.304 e. The molecular weight excluding hydrogens is 445 g/mol. The molecule has 170 valence electrons. The number of nitrogens with zero attached hydrogens (tertiary/aromatic N) is 2. The third-order valence-electron chi connectivity index (χ3n) is 5.12. The second kappa shape index (κ2) is 10.8. The third-order valence-corrected chi connectivity index (χ3v) is 5.12. The number of benzene rings is 3. The number of halogens is 2. The molecule has 4 aromatic rings. The molecule has 1 aromatic heterocycles. The van der Waals surface area contributed by atoms with Gasteiger partial charge in [-0.25, -0.2) is 4.39 Å². The Labute approximate surface area is 196 Å². The maximum absolute atomic E-state index is 13.2. The zero-order valence-electron chi connectivity index (χ0n) is 17.9. The van der Waals surface area contributed by atoms with Crippen LogP contribution in [0.5, 0.6) is 0 Å². The van der Waals surface area contributed by atoms with E-state index in [4.69, 9.17) is 9.63 Å².